The average molecular weight is 558 g/mol. The Morgan fingerprint density at radius 1 is 0.878 bits per heavy atom. The molecule has 208 valence electrons. The van der Waals surface area contributed by atoms with E-state index >= 15 is 0 Å². The van der Waals surface area contributed by atoms with E-state index in [1.807, 2.05) is 0 Å². The summed E-state index contributed by atoms with van der Waals surface area (Å²) in [5.74, 6) is -1.36. The van der Waals surface area contributed by atoms with Crippen molar-refractivity contribution < 1.29 is 27.8 Å². The number of hydrogen-bond donors (Lipinski definition) is 1. The Labute approximate surface area is 233 Å². The number of anilines is 2. The van der Waals surface area contributed by atoms with Crippen molar-refractivity contribution >= 4 is 34.2 Å². The topological polar surface area (TPSA) is 98.6 Å². The summed E-state index contributed by atoms with van der Waals surface area (Å²) in [6.45, 7) is -0.272. The van der Waals surface area contributed by atoms with Crippen molar-refractivity contribution in [2.24, 2.45) is 0 Å². The number of nitrogens with zero attached hydrogens (tertiary/aromatic N) is 4. The second-order valence-corrected chi connectivity index (χ2v) is 8.99. The molecule has 0 fully saturated rings. The number of carbonyl (C=O) groups excluding carboxylic acids is 2. The minimum absolute atomic E-state index is 0.259. The summed E-state index contributed by atoms with van der Waals surface area (Å²) in [7, 11) is 2.93. The highest BCUT2D eigenvalue weighted by Gasteiger charge is 2.34. The largest absolute Gasteiger partial charge is 0.493 e. The molecule has 2 amide bonds. The standard InChI is InChI=1S/C30H25F2N5O4/c1-40-26-16-7-19(17-27(26)41-2)29(30(39)33-22-12-8-20(31)9-13-22)37(23-14-10-21(32)11-15-23)28(38)18-36-25-6-4-3-5-24(25)34-35-36/h3-17,29H,18H2,1-2H3,(H,33,39). The van der Waals surface area contributed by atoms with Crippen LogP contribution >= 0.6 is 0 Å². The van der Waals surface area contributed by atoms with Gasteiger partial charge in [-0.25, -0.2) is 13.5 Å². The van der Waals surface area contributed by atoms with Gasteiger partial charge in [-0.15, -0.1) is 5.10 Å². The molecule has 9 nitrogen and oxygen atoms in total. The zero-order valence-electron chi connectivity index (χ0n) is 22.1. The van der Waals surface area contributed by atoms with Crippen molar-refractivity contribution in [3.05, 3.63) is 108 Å². The number of para-hydroxylation sites is 1. The SMILES string of the molecule is COc1ccc(C(C(=O)Nc2ccc(F)cc2)N(C(=O)Cn2nnc3ccccc32)c2ccc(F)cc2)cc1OC. The maximum atomic E-state index is 14.1. The van der Waals surface area contributed by atoms with Crippen LogP contribution in [-0.2, 0) is 16.1 Å². The Bertz CT molecular complexity index is 1690. The molecule has 0 radical (unpaired) electrons. The van der Waals surface area contributed by atoms with Crippen LogP contribution in [0.1, 0.15) is 11.6 Å². The van der Waals surface area contributed by atoms with E-state index in [1.165, 1.54) is 72.3 Å². The number of carbonyl (C=O) groups is 2. The molecule has 11 heteroatoms. The zero-order valence-corrected chi connectivity index (χ0v) is 22.1. The van der Waals surface area contributed by atoms with Crippen LogP contribution in [0.2, 0.25) is 0 Å². The minimum atomic E-state index is -1.27. The molecule has 1 heterocycles. The van der Waals surface area contributed by atoms with Crippen LogP contribution in [0.3, 0.4) is 0 Å². The lowest BCUT2D eigenvalue weighted by molar-refractivity contribution is -0.124. The van der Waals surface area contributed by atoms with Crippen molar-refractivity contribution in [3.63, 3.8) is 0 Å². The van der Waals surface area contributed by atoms with Gasteiger partial charge in [-0.3, -0.25) is 14.5 Å². The number of halogens is 2. The van der Waals surface area contributed by atoms with Gasteiger partial charge in [-0.05, 0) is 78.4 Å². The Hall–Kier alpha value is -5.32. The van der Waals surface area contributed by atoms with E-state index < -0.39 is 29.5 Å². The smallest absolute Gasteiger partial charge is 0.252 e. The third kappa shape index (κ3) is 5.83. The molecule has 0 saturated carbocycles. The van der Waals surface area contributed by atoms with Crippen LogP contribution in [0, 0.1) is 11.6 Å². The van der Waals surface area contributed by atoms with Gasteiger partial charge in [-0.1, -0.05) is 23.4 Å². The molecule has 0 aliphatic heterocycles. The van der Waals surface area contributed by atoms with Gasteiger partial charge in [0.2, 0.25) is 5.91 Å². The van der Waals surface area contributed by atoms with E-state index in [9.17, 15) is 18.4 Å². The Morgan fingerprint density at radius 2 is 1.54 bits per heavy atom. The monoisotopic (exact) mass is 557 g/mol. The molecular formula is C30H25F2N5O4. The van der Waals surface area contributed by atoms with Crippen molar-refractivity contribution in [2.45, 2.75) is 12.6 Å². The van der Waals surface area contributed by atoms with Crippen LogP contribution in [0.15, 0.2) is 91.0 Å². The van der Waals surface area contributed by atoms with Gasteiger partial charge in [0.05, 0.1) is 19.7 Å². The van der Waals surface area contributed by atoms with Gasteiger partial charge in [-0.2, -0.15) is 0 Å². The number of amides is 2. The molecule has 1 atom stereocenters. The Balaban J connectivity index is 1.62. The molecule has 5 aromatic rings. The van der Waals surface area contributed by atoms with Crippen molar-refractivity contribution in [2.75, 3.05) is 24.4 Å². The van der Waals surface area contributed by atoms with Crippen molar-refractivity contribution in [3.8, 4) is 11.5 Å². The van der Waals surface area contributed by atoms with E-state index in [-0.39, 0.29) is 12.2 Å². The van der Waals surface area contributed by atoms with Crippen LogP contribution in [-0.4, -0.2) is 41.0 Å². The highest BCUT2D eigenvalue weighted by molar-refractivity contribution is 6.05. The number of ether oxygens (including phenoxy) is 2. The van der Waals surface area contributed by atoms with E-state index in [4.69, 9.17) is 9.47 Å². The normalized spacial score (nSPS) is 11.6. The van der Waals surface area contributed by atoms with Gasteiger partial charge < -0.3 is 14.8 Å². The lowest BCUT2D eigenvalue weighted by atomic mass is 10.0. The van der Waals surface area contributed by atoms with Crippen LogP contribution < -0.4 is 19.7 Å². The van der Waals surface area contributed by atoms with E-state index in [1.54, 1.807) is 42.5 Å². The summed E-state index contributed by atoms with van der Waals surface area (Å²) >= 11 is 0. The summed E-state index contributed by atoms with van der Waals surface area (Å²) < 4.78 is 39.7. The summed E-state index contributed by atoms with van der Waals surface area (Å²) in [6.07, 6.45) is 0. The molecule has 41 heavy (non-hydrogen) atoms. The number of aromatic nitrogens is 3. The fraction of sp³-hybridized carbons (Fsp3) is 0.133. The summed E-state index contributed by atoms with van der Waals surface area (Å²) in [5, 5.41) is 11.0. The molecule has 0 spiro atoms. The average Bonchev–Trinajstić information content (AvgIpc) is 3.39. The van der Waals surface area contributed by atoms with Gasteiger partial charge in [0.1, 0.15) is 29.7 Å². The number of hydrogen-bond acceptors (Lipinski definition) is 6. The maximum Gasteiger partial charge on any atom is 0.252 e. The number of rotatable bonds is 9. The summed E-state index contributed by atoms with van der Waals surface area (Å²) in [4.78, 5) is 29.3. The molecule has 0 aliphatic carbocycles. The van der Waals surface area contributed by atoms with Crippen LogP contribution in [0.25, 0.3) is 11.0 Å². The first kappa shape index (κ1) is 27.3. The van der Waals surface area contributed by atoms with E-state index in [0.717, 1.165) is 0 Å². The first-order chi connectivity index (χ1) is 19.9. The van der Waals surface area contributed by atoms with Gasteiger partial charge >= 0.3 is 0 Å². The fourth-order valence-electron chi connectivity index (χ4n) is 4.46. The second-order valence-electron chi connectivity index (χ2n) is 8.99. The van der Waals surface area contributed by atoms with Gasteiger partial charge in [0, 0.05) is 11.4 Å². The van der Waals surface area contributed by atoms with Crippen molar-refractivity contribution in [1.29, 1.82) is 0 Å². The zero-order chi connectivity index (χ0) is 28.9. The van der Waals surface area contributed by atoms with Gasteiger partial charge in [0.25, 0.3) is 5.91 Å². The lowest BCUT2D eigenvalue weighted by Crippen LogP contribution is -2.43. The number of benzene rings is 4. The second kappa shape index (κ2) is 11.8. The number of fused-ring (bicyclic) bond motifs is 1. The highest BCUT2D eigenvalue weighted by Crippen LogP contribution is 2.35. The summed E-state index contributed by atoms with van der Waals surface area (Å²) in [5.41, 5.74) is 2.17. The fourth-order valence-corrected chi connectivity index (χ4v) is 4.46. The van der Waals surface area contributed by atoms with Crippen LogP contribution in [0.5, 0.6) is 11.5 Å². The first-order valence-corrected chi connectivity index (χ1v) is 12.5. The molecule has 1 unspecified atom stereocenters. The van der Waals surface area contributed by atoms with E-state index in [0.29, 0.717) is 33.8 Å². The Kier molecular flexibility index (Phi) is 7.86. The summed E-state index contributed by atoms with van der Waals surface area (Å²) in [6, 6.07) is 21.2. The quantitative estimate of drug-likeness (QED) is 0.270. The van der Waals surface area contributed by atoms with Gasteiger partial charge in [0.15, 0.2) is 11.5 Å². The molecule has 1 aromatic heterocycles. The molecule has 0 aliphatic rings. The predicted molar refractivity (Wildman–Crippen MR) is 149 cm³/mol. The number of methoxy groups -OCH3 is 2. The maximum absolute atomic E-state index is 14.1. The molecule has 5 rings (SSSR count). The van der Waals surface area contributed by atoms with E-state index in [2.05, 4.69) is 15.6 Å². The molecule has 0 bridgehead atoms. The lowest BCUT2D eigenvalue weighted by Gasteiger charge is -2.32. The minimum Gasteiger partial charge on any atom is -0.493 e. The highest BCUT2D eigenvalue weighted by atomic mass is 19.1. The Morgan fingerprint density at radius 3 is 2.22 bits per heavy atom. The third-order valence-electron chi connectivity index (χ3n) is 6.42. The molecular weight excluding hydrogens is 532 g/mol. The number of nitrogens with one attached hydrogen (secondary N) is 1. The van der Waals surface area contributed by atoms with Crippen molar-refractivity contribution in [1.82, 2.24) is 15.0 Å². The molecule has 0 saturated heterocycles. The predicted octanol–water partition coefficient (Wildman–Crippen LogP) is 5.14. The molecule has 4 aromatic carbocycles. The molecule has 1 N–H and O–H groups in total. The van der Waals surface area contributed by atoms with Crippen LogP contribution in [0.4, 0.5) is 20.2 Å². The third-order valence-corrected chi connectivity index (χ3v) is 6.42. The first-order valence-electron chi connectivity index (χ1n) is 12.5.